The first-order chi connectivity index (χ1) is 15.1. The lowest BCUT2D eigenvalue weighted by Crippen LogP contribution is -2.13. The molecule has 3 aromatic carbocycles. The topological polar surface area (TPSA) is 67.0 Å². The average Bonchev–Trinajstić information content (AvgIpc) is 3.34. The highest BCUT2D eigenvalue weighted by Crippen LogP contribution is 2.32. The Labute approximate surface area is 189 Å². The lowest BCUT2D eigenvalue weighted by molar-refractivity contribution is 0.102. The van der Waals surface area contributed by atoms with Gasteiger partial charge in [-0.15, -0.1) is 11.8 Å². The van der Waals surface area contributed by atoms with Crippen molar-refractivity contribution in [2.45, 2.75) is 4.90 Å². The fourth-order valence-corrected chi connectivity index (χ4v) is 3.93. The van der Waals surface area contributed by atoms with Crippen LogP contribution >= 0.6 is 23.4 Å². The maximum absolute atomic E-state index is 13.2. The molecule has 0 fully saturated rings. The Morgan fingerprint density at radius 2 is 1.84 bits per heavy atom. The van der Waals surface area contributed by atoms with Crippen molar-refractivity contribution in [2.75, 3.05) is 18.7 Å². The van der Waals surface area contributed by atoms with Crippen LogP contribution in [-0.2, 0) is 0 Å². The second-order valence-electron chi connectivity index (χ2n) is 6.76. The molecule has 4 rings (SSSR count). The molecule has 0 aliphatic rings. The number of anilines is 1. The summed E-state index contributed by atoms with van der Waals surface area (Å²) in [6.45, 7) is 0. The fourth-order valence-electron chi connectivity index (χ4n) is 3.27. The Hall–Kier alpha value is -3.22. The van der Waals surface area contributed by atoms with E-state index in [1.807, 2.05) is 60.9 Å². The van der Waals surface area contributed by atoms with Crippen molar-refractivity contribution in [3.05, 3.63) is 83.5 Å². The number of ether oxygens (including phenoxy) is 1. The van der Waals surface area contributed by atoms with Gasteiger partial charge in [0.1, 0.15) is 5.75 Å². The third-order valence-electron chi connectivity index (χ3n) is 4.89. The number of thioether (sulfide) groups is 1. The van der Waals surface area contributed by atoms with Crippen molar-refractivity contribution in [3.63, 3.8) is 0 Å². The summed E-state index contributed by atoms with van der Waals surface area (Å²) < 4.78 is 5.26. The van der Waals surface area contributed by atoms with E-state index < -0.39 is 0 Å². The van der Waals surface area contributed by atoms with Crippen LogP contribution in [0.2, 0.25) is 5.02 Å². The number of amides is 1. The number of halogens is 1. The minimum atomic E-state index is -0.198. The molecule has 0 saturated carbocycles. The molecule has 1 aromatic heterocycles. The highest BCUT2D eigenvalue weighted by Gasteiger charge is 2.15. The molecule has 0 aliphatic carbocycles. The van der Waals surface area contributed by atoms with Crippen LogP contribution in [0, 0.1) is 0 Å². The molecular weight excluding hydrogens is 430 g/mol. The highest BCUT2D eigenvalue weighted by atomic mass is 35.5. The molecule has 1 heterocycles. The quantitative estimate of drug-likeness (QED) is 0.335. The summed E-state index contributed by atoms with van der Waals surface area (Å²) in [5.41, 5.74) is 4.58. The summed E-state index contributed by atoms with van der Waals surface area (Å²) in [7, 11) is 1.63. The van der Waals surface area contributed by atoms with Crippen LogP contribution in [-0.4, -0.2) is 29.5 Å². The van der Waals surface area contributed by atoms with Crippen molar-refractivity contribution in [2.24, 2.45) is 0 Å². The molecule has 0 atom stereocenters. The second kappa shape index (κ2) is 9.29. The van der Waals surface area contributed by atoms with Gasteiger partial charge in [-0.2, -0.15) is 5.10 Å². The summed E-state index contributed by atoms with van der Waals surface area (Å²) >= 11 is 7.96. The largest absolute Gasteiger partial charge is 0.497 e. The normalized spacial score (nSPS) is 10.7. The Morgan fingerprint density at radius 1 is 1.03 bits per heavy atom. The molecule has 7 heteroatoms. The molecule has 156 valence electrons. The van der Waals surface area contributed by atoms with E-state index in [9.17, 15) is 4.79 Å². The fraction of sp³-hybridized carbons (Fsp3) is 0.0833. The Balaban J connectivity index is 1.68. The monoisotopic (exact) mass is 449 g/mol. The number of methoxy groups -OCH3 is 1. The van der Waals surface area contributed by atoms with E-state index in [0.717, 1.165) is 33.0 Å². The van der Waals surface area contributed by atoms with E-state index in [2.05, 4.69) is 15.5 Å². The van der Waals surface area contributed by atoms with Crippen LogP contribution in [0.15, 0.2) is 77.8 Å². The number of nitrogens with zero attached hydrogens (tertiary/aromatic N) is 1. The third kappa shape index (κ3) is 4.60. The lowest BCUT2D eigenvalue weighted by atomic mass is 9.99. The molecule has 5 nitrogen and oxygen atoms in total. The zero-order chi connectivity index (χ0) is 21.8. The minimum Gasteiger partial charge on any atom is -0.497 e. The molecule has 2 N–H and O–H groups in total. The number of hydrogen-bond acceptors (Lipinski definition) is 4. The molecule has 31 heavy (non-hydrogen) atoms. The van der Waals surface area contributed by atoms with Crippen molar-refractivity contribution < 1.29 is 9.53 Å². The zero-order valence-corrected chi connectivity index (χ0v) is 18.6. The number of aromatic amines is 1. The van der Waals surface area contributed by atoms with E-state index in [-0.39, 0.29) is 5.91 Å². The number of nitrogens with one attached hydrogen (secondary N) is 2. The SMILES string of the molecule is COc1ccc(-c2cc(SC)ccc2C(=O)Nc2ccc(Cl)c(-c3ccn[nH]3)c2)cc1. The van der Waals surface area contributed by atoms with Gasteiger partial charge < -0.3 is 10.1 Å². The number of benzene rings is 3. The number of H-pyrrole nitrogens is 1. The van der Waals surface area contributed by atoms with Gasteiger partial charge in [0.25, 0.3) is 5.91 Å². The number of carbonyl (C=O) groups is 1. The zero-order valence-electron chi connectivity index (χ0n) is 17.0. The Morgan fingerprint density at radius 3 is 2.52 bits per heavy atom. The minimum absolute atomic E-state index is 0.198. The van der Waals surface area contributed by atoms with Crippen LogP contribution in [0.5, 0.6) is 5.75 Å². The van der Waals surface area contributed by atoms with Crippen molar-refractivity contribution in [1.82, 2.24) is 10.2 Å². The predicted octanol–water partition coefficient (Wildman–Crippen LogP) is 6.38. The van der Waals surface area contributed by atoms with Crippen molar-refractivity contribution >= 4 is 35.0 Å². The van der Waals surface area contributed by atoms with Gasteiger partial charge in [-0.25, -0.2) is 0 Å². The molecular formula is C24H20ClN3O2S. The molecule has 0 aliphatic heterocycles. The summed E-state index contributed by atoms with van der Waals surface area (Å²) in [4.78, 5) is 14.3. The number of rotatable bonds is 6. The first kappa shape index (κ1) is 21.0. The van der Waals surface area contributed by atoms with Crippen LogP contribution in [0.1, 0.15) is 10.4 Å². The average molecular weight is 450 g/mol. The van der Waals surface area contributed by atoms with Crippen LogP contribution < -0.4 is 10.1 Å². The smallest absolute Gasteiger partial charge is 0.256 e. The summed E-state index contributed by atoms with van der Waals surface area (Å²) in [6, 6.07) is 20.7. The van der Waals surface area contributed by atoms with Gasteiger partial charge in [-0.05, 0) is 72.0 Å². The highest BCUT2D eigenvalue weighted by molar-refractivity contribution is 7.98. The molecule has 0 radical (unpaired) electrons. The Kier molecular flexibility index (Phi) is 6.30. The van der Waals surface area contributed by atoms with Gasteiger partial charge in [0.2, 0.25) is 0 Å². The molecule has 4 aromatic rings. The van der Waals surface area contributed by atoms with Crippen molar-refractivity contribution in [3.8, 4) is 28.1 Å². The standard InChI is InChI=1S/C24H20ClN3O2S/c1-30-17-6-3-15(4-7-17)20-14-18(31-2)8-9-19(20)24(29)27-16-5-10-22(25)21(13-16)23-11-12-26-28-23/h3-14H,1-2H3,(H,26,28)(H,27,29). The third-order valence-corrected chi connectivity index (χ3v) is 5.94. The van der Waals surface area contributed by atoms with Crippen LogP contribution in [0.3, 0.4) is 0 Å². The number of hydrogen-bond donors (Lipinski definition) is 2. The maximum Gasteiger partial charge on any atom is 0.256 e. The maximum atomic E-state index is 13.2. The molecule has 1 amide bonds. The summed E-state index contributed by atoms with van der Waals surface area (Å²) in [5.74, 6) is 0.569. The van der Waals surface area contributed by atoms with Crippen molar-refractivity contribution in [1.29, 1.82) is 0 Å². The summed E-state index contributed by atoms with van der Waals surface area (Å²) in [6.07, 6.45) is 3.67. The number of carbonyl (C=O) groups excluding carboxylic acids is 1. The van der Waals surface area contributed by atoms with Gasteiger partial charge in [-0.1, -0.05) is 23.7 Å². The van der Waals surface area contributed by atoms with Gasteiger partial charge >= 0.3 is 0 Å². The van der Waals surface area contributed by atoms with E-state index in [1.54, 1.807) is 37.2 Å². The van der Waals surface area contributed by atoms with Gasteiger partial charge in [0.05, 0.1) is 17.8 Å². The predicted molar refractivity (Wildman–Crippen MR) is 127 cm³/mol. The van der Waals surface area contributed by atoms with Gasteiger partial charge in [-0.3, -0.25) is 9.89 Å². The second-order valence-corrected chi connectivity index (χ2v) is 8.05. The van der Waals surface area contributed by atoms with E-state index >= 15 is 0 Å². The van der Waals surface area contributed by atoms with Gasteiger partial charge in [0, 0.05) is 27.9 Å². The van der Waals surface area contributed by atoms with E-state index in [4.69, 9.17) is 16.3 Å². The lowest BCUT2D eigenvalue weighted by Gasteiger charge is -2.13. The summed E-state index contributed by atoms with van der Waals surface area (Å²) in [5, 5.41) is 10.4. The molecule has 0 unspecified atom stereocenters. The number of aromatic nitrogens is 2. The Bertz CT molecular complexity index is 1210. The van der Waals surface area contributed by atoms with Crippen LogP contribution in [0.25, 0.3) is 22.4 Å². The molecule has 0 spiro atoms. The van der Waals surface area contributed by atoms with E-state index in [0.29, 0.717) is 16.3 Å². The molecule has 0 saturated heterocycles. The molecule has 0 bridgehead atoms. The van der Waals surface area contributed by atoms with E-state index in [1.165, 1.54) is 0 Å². The van der Waals surface area contributed by atoms with Gasteiger partial charge in [0.15, 0.2) is 0 Å². The first-order valence-corrected chi connectivity index (χ1v) is 11.1. The van der Waals surface area contributed by atoms with Crippen LogP contribution in [0.4, 0.5) is 5.69 Å². The first-order valence-electron chi connectivity index (χ1n) is 9.52.